The number of halogens is 2. The molecule has 0 atom stereocenters. The van der Waals surface area contributed by atoms with Crippen LogP contribution in [0.3, 0.4) is 0 Å². The molecule has 0 aliphatic heterocycles. The molecule has 0 saturated heterocycles. The molecule has 1 aromatic rings. The van der Waals surface area contributed by atoms with Gasteiger partial charge in [-0.15, -0.1) is 0 Å². The van der Waals surface area contributed by atoms with E-state index in [1.165, 1.54) is 7.11 Å². The second kappa shape index (κ2) is 8.87. The Morgan fingerprint density at radius 2 is 2.05 bits per heavy atom. The van der Waals surface area contributed by atoms with E-state index in [2.05, 4.69) is 10.1 Å². The summed E-state index contributed by atoms with van der Waals surface area (Å²) in [5.74, 6) is -0.446. The lowest BCUT2D eigenvalue weighted by molar-refractivity contribution is -0.140. The molecule has 1 N–H and O–H groups in total. The molecule has 0 fully saturated rings. The van der Waals surface area contributed by atoms with Crippen LogP contribution in [0, 0.1) is 0 Å². The average molecular weight is 333 g/mol. The number of nitrogens with one attached hydrogen (secondary N) is 1. The van der Waals surface area contributed by atoms with E-state index in [-0.39, 0.29) is 18.4 Å². The summed E-state index contributed by atoms with van der Waals surface area (Å²) in [4.78, 5) is 24.7. The third-order valence-electron chi connectivity index (χ3n) is 2.76. The van der Waals surface area contributed by atoms with Gasteiger partial charge in [-0.25, -0.2) is 0 Å². The quantitative estimate of drug-likeness (QED) is 0.780. The number of nitrogens with zero attached hydrogens (tertiary/aromatic N) is 1. The first-order valence-corrected chi connectivity index (χ1v) is 7.18. The van der Waals surface area contributed by atoms with E-state index in [0.29, 0.717) is 35.1 Å². The Hall–Kier alpha value is -1.30. The van der Waals surface area contributed by atoms with Gasteiger partial charge in [-0.05, 0) is 38.2 Å². The zero-order chi connectivity index (χ0) is 15.8. The fourth-order valence-electron chi connectivity index (χ4n) is 1.70. The van der Waals surface area contributed by atoms with E-state index in [9.17, 15) is 9.59 Å². The molecule has 0 heterocycles. The fourth-order valence-corrected chi connectivity index (χ4v) is 2.04. The van der Waals surface area contributed by atoms with Crippen molar-refractivity contribution in [1.82, 2.24) is 4.90 Å². The Kier molecular flexibility index (Phi) is 7.50. The van der Waals surface area contributed by atoms with Crippen LogP contribution in [0.2, 0.25) is 10.0 Å². The highest BCUT2D eigenvalue weighted by molar-refractivity contribution is 6.35. The van der Waals surface area contributed by atoms with Crippen molar-refractivity contribution >= 4 is 40.8 Å². The van der Waals surface area contributed by atoms with Crippen molar-refractivity contribution in [2.75, 3.05) is 32.6 Å². The van der Waals surface area contributed by atoms with Crippen molar-refractivity contribution < 1.29 is 14.3 Å². The largest absolute Gasteiger partial charge is 0.469 e. The molecule has 1 amide bonds. The van der Waals surface area contributed by atoms with Gasteiger partial charge in [0.1, 0.15) is 0 Å². The van der Waals surface area contributed by atoms with E-state index in [4.69, 9.17) is 23.2 Å². The zero-order valence-corrected chi connectivity index (χ0v) is 13.5. The molecule has 0 radical (unpaired) electrons. The Balaban J connectivity index is 2.39. The van der Waals surface area contributed by atoms with Crippen LogP contribution in [0.5, 0.6) is 0 Å². The van der Waals surface area contributed by atoms with Gasteiger partial charge in [-0.1, -0.05) is 23.2 Å². The van der Waals surface area contributed by atoms with Gasteiger partial charge in [0.2, 0.25) is 5.91 Å². The number of ether oxygens (including phenoxy) is 1. The van der Waals surface area contributed by atoms with Gasteiger partial charge in [-0.3, -0.25) is 14.5 Å². The molecule has 0 aromatic heterocycles. The fraction of sp³-hybridized carbons (Fsp3) is 0.429. The maximum absolute atomic E-state index is 11.9. The van der Waals surface area contributed by atoms with Crippen molar-refractivity contribution in [3.05, 3.63) is 28.2 Å². The number of esters is 1. The van der Waals surface area contributed by atoms with Crippen LogP contribution >= 0.6 is 23.2 Å². The summed E-state index contributed by atoms with van der Waals surface area (Å²) in [7, 11) is 3.16. The van der Waals surface area contributed by atoms with Crippen molar-refractivity contribution in [1.29, 1.82) is 0 Å². The molecule has 0 aliphatic rings. The average Bonchev–Trinajstić information content (AvgIpc) is 2.42. The Bertz CT molecular complexity index is 509. The lowest BCUT2D eigenvalue weighted by Crippen LogP contribution is -2.31. The minimum Gasteiger partial charge on any atom is -0.469 e. The Morgan fingerprint density at radius 1 is 1.33 bits per heavy atom. The number of anilines is 1. The smallest absolute Gasteiger partial charge is 0.305 e. The van der Waals surface area contributed by atoms with Crippen molar-refractivity contribution in [2.24, 2.45) is 0 Å². The van der Waals surface area contributed by atoms with Crippen molar-refractivity contribution in [3.63, 3.8) is 0 Å². The zero-order valence-electron chi connectivity index (χ0n) is 12.0. The number of rotatable bonds is 7. The molecular weight excluding hydrogens is 315 g/mol. The third-order valence-corrected chi connectivity index (χ3v) is 3.33. The minimum atomic E-state index is -0.251. The maximum atomic E-state index is 11.9. The van der Waals surface area contributed by atoms with E-state index < -0.39 is 0 Å². The SMILES string of the molecule is COC(=O)CCCN(C)CC(=O)Nc1cc(Cl)ccc1Cl. The summed E-state index contributed by atoms with van der Waals surface area (Å²) < 4.78 is 4.55. The lowest BCUT2D eigenvalue weighted by atomic mass is 10.3. The van der Waals surface area contributed by atoms with Crippen LogP contribution in [-0.4, -0.2) is 44.0 Å². The maximum Gasteiger partial charge on any atom is 0.305 e. The van der Waals surface area contributed by atoms with Gasteiger partial charge in [-0.2, -0.15) is 0 Å². The van der Waals surface area contributed by atoms with Crippen LogP contribution in [0.4, 0.5) is 5.69 Å². The third kappa shape index (κ3) is 6.80. The highest BCUT2D eigenvalue weighted by Gasteiger charge is 2.10. The molecule has 0 bridgehead atoms. The van der Waals surface area contributed by atoms with Crippen LogP contribution in [0.25, 0.3) is 0 Å². The molecule has 1 rings (SSSR count). The van der Waals surface area contributed by atoms with Crippen molar-refractivity contribution in [3.8, 4) is 0 Å². The molecule has 0 aliphatic carbocycles. The molecule has 7 heteroatoms. The van der Waals surface area contributed by atoms with E-state index in [0.717, 1.165) is 0 Å². The first-order chi connectivity index (χ1) is 9.92. The van der Waals surface area contributed by atoms with Crippen LogP contribution < -0.4 is 5.32 Å². The van der Waals surface area contributed by atoms with Crippen LogP contribution in [0.1, 0.15) is 12.8 Å². The van der Waals surface area contributed by atoms with Crippen LogP contribution in [0.15, 0.2) is 18.2 Å². The number of benzene rings is 1. The number of hydrogen-bond acceptors (Lipinski definition) is 4. The topological polar surface area (TPSA) is 58.6 Å². The monoisotopic (exact) mass is 332 g/mol. The van der Waals surface area contributed by atoms with Crippen molar-refractivity contribution in [2.45, 2.75) is 12.8 Å². The Morgan fingerprint density at radius 3 is 2.71 bits per heavy atom. The number of carbonyl (C=O) groups is 2. The summed E-state index contributed by atoms with van der Waals surface area (Å²) in [6, 6.07) is 4.87. The number of methoxy groups -OCH3 is 1. The molecule has 0 spiro atoms. The number of likely N-dealkylation sites (N-methyl/N-ethyl adjacent to an activating group) is 1. The number of amides is 1. The van der Waals surface area contributed by atoms with Gasteiger partial charge in [0, 0.05) is 11.4 Å². The van der Waals surface area contributed by atoms with Gasteiger partial charge in [0.05, 0.1) is 24.4 Å². The molecule has 116 valence electrons. The first-order valence-electron chi connectivity index (χ1n) is 6.42. The molecular formula is C14H18Cl2N2O3. The summed E-state index contributed by atoms with van der Waals surface area (Å²) in [5.41, 5.74) is 0.483. The first kappa shape index (κ1) is 17.8. The minimum absolute atomic E-state index is 0.195. The highest BCUT2D eigenvalue weighted by atomic mass is 35.5. The van der Waals surface area contributed by atoms with Gasteiger partial charge in [0.25, 0.3) is 0 Å². The highest BCUT2D eigenvalue weighted by Crippen LogP contribution is 2.25. The summed E-state index contributed by atoms with van der Waals surface area (Å²) in [6.07, 6.45) is 0.969. The molecule has 1 aromatic carbocycles. The van der Waals surface area contributed by atoms with E-state index in [1.807, 2.05) is 4.90 Å². The Labute approximate surface area is 134 Å². The van der Waals surface area contributed by atoms with E-state index in [1.54, 1.807) is 25.2 Å². The summed E-state index contributed by atoms with van der Waals surface area (Å²) >= 11 is 11.8. The lowest BCUT2D eigenvalue weighted by Gasteiger charge is -2.16. The molecule has 0 saturated carbocycles. The normalized spacial score (nSPS) is 10.5. The predicted octanol–water partition coefficient (Wildman–Crippen LogP) is 2.82. The predicted molar refractivity (Wildman–Crippen MR) is 83.8 cm³/mol. The van der Waals surface area contributed by atoms with Gasteiger partial charge in [0.15, 0.2) is 0 Å². The summed E-state index contributed by atoms with van der Waals surface area (Å²) in [6.45, 7) is 0.815. The van der Waals surface area contributed by atoms with Gasteiger partial charge < -0.3 is 10.1 Å². The number of carbonyl (C=O) groups excluding carboxylic acids is 2. The molecule has 21 heavy (non-hydrogen) atoms. The van der Waals surface area contributed by atoms with Gasteiger partial charge >= 0.3 is 5.97 Å². The van der Waals surface area contributed by atoms with Crippen LogP contribution in [-0.2, 0) is 14.3 Å². The standard InChI is InChI=1S/C14H18Cl2N2O3/c1-18(7-3-4-14(20)21-2)9-13(19)17-12-8-10(15)5-6-11(12)16/h5-6,8H,3-4,7,9H2,1-2H3,(H,17,19). The summed E-state index contributed by atoms with van der Waals surface area (Å²) in [5, 5.41) is 3.64. The van der Waals surface area contributed by atoms with E-state index >= 15 is 0 Å². The number of hydrogen-bond donors (Lipinski definition) is 1. The molecule has 5 nitrogen and oxygen atoms in total. The second-order valence-electron chi connectivity index (χ2n) is 4.59. The molecule has 0 unspecified atom stereocenters. The second-order valence-corrected chi connectivity index (χ2v) is 5.43.